The number of hydrogen-bond donors (Lipinski definition) is 1. The minimum atomic E-state index is -0.979. The molecule has 0 saturated carbocycles. The first-order chi connectivity index (χ1) is 7.53. The lowest BCUT2D eigenvalue weighted by Crippen LogP contribution is -2.21. The molecule has 1 rings (SSSR count). The number of nitriles is 2. The van der Waals surface area contributed by atoms with E-state index in [9.17, 15) is 4.39 Å². The second-order valence-electron chi connectivity index (χ2n) is 3.84. The molecule has 1 atom stereocenters. The highest BCUT2D eigenvalue weighted by Crippen LogP contribution is 2.31. The molecule has 0 saturated heterocycles. The summed E-state index contributed by atoms with van der Waals surface area (Å²) in [5.74, 6) is -0.498. The number of benzene rings is 1. The van der Waals surface area contributed by atoms with Crippen molar-refractivity contribution < 1.29 is 4.39 Å². The van der Waals surface area contributed by atoms with Crippen LogP contribution in [0.15, 0.2) is 18.2 Å². The Hall–Kier alpha value is -2.07. The molecule has 0 spiro atoms. The van der Waals surface area contributed by atoms with E-state index in [1.54, 1.807) is 13.0 Å². The van der Waals surface area contributed by atoms with Crippen LogP contribution in [0.5, 0.6) is 0 Å². The third-order valence-corrected chi connectivity index (χ3v) is 2.57. The van der Waals surface area contributed by atoms with E-state index in [1.807, 2.05) is 6.07 Å². The van der Waals surface area contributed by atoms with Crippen molar-refractivity contribution >= 4 is 5.69 Å². The predicted molar refractivity (Wildman–Crippen MR) is 58.6 cm³/mol. The molecule has 3 nitrogen and oxygen atoms in total. The average Bonchev–Trinajstić information content (AvgIpc) is 2.26. The number of nitrogens with two attached hydrogens (primary N) is 1. The molecule has 16 heavy (non-hydrogen) atoms. The van der Waals surface area contributed by atoms with Crippen LogP contribution in [0.3, 0.4) is 0 Å². The Morgan fingerprint density at radius 3 is 2.62 bits per heavy atom. The lowest BCUT2D eigenvalue weighted by molar-refractivity contribution is 0.512. The standard InChI is InChI=1S/C12H12FN3/c1-12(8-15,5-2-6-14)10-4-3-9(16)7-11(10)13/h3-4,7H,2,5,16H2,1H3. The van der Waals surface area contributed by atoms with Gasteiger partial charge in [-0.2, -0.15) is 10.5 Å². The molecular formula is C12H12FN3. The molecule has 4 heteroatoms. The van der Waals surface area contributed by atoms with Gasteiger partial charge in [-0.05, 0) is 25.5 Å². The Morgan fingerprint density at radius 2 is 2.12 bits per heavy atom. The van der Waals surface area contributed by atoms with Gasteiger partial charge in [-0.15, -0.1) is 0 Å². The highest BCUT2D eigenvalue weighted by molar-refractivity contribution is 5.44. The number of anilines is 1. The lowest BCUT2D eigenvalue weighted by atomic mass is 9.79. The van der Waals surface area contributed by atoms with Crippen molar-refractivity contribution in [3.05, 3.63) is 29.6 Å². The van der Waals surface area contributed by atoms with Gasteiger partial charge in [0.1, 0.15) is 5.82 Å². The molecular weight excluding hydrogens is 205 g/mol. The third-order valence-electron chi connectivity index (χ3n) is 2.57. The Kier molecular flexibility index (Phi) is 3.48. The minimum Gasteiger partial charge on any atom is -0.399 e. The van der Waals surface area contributed by atoms with Crippen LogP contribution in [0.4, 0.5) is 10.1 Å². The molecule has 2 N–H and O–H groups in total. The zero-order valence-corrected chi connectivity index (χ0v) is 9.00. The molecule has 1 aromatic rings. The number of rotatable bonds is 3. The van der Waals surface area contributed by atoms with E-state index in [-0.39, 0.29) is 6.42 Å². The zero-order chi connectivity index (χ0) is 12.2. The van der Waals surface area contributed by atoms with Gasteiger partial charge in [0, 0.05) is 17.7 Å². The first kappa shape index (κ1) is 12.0. The molecule has 82 valence electrons. The zero-order valence-electron chi connectivity index (χ0n) is 9.00. The minimum absolute atomic E-state index is 0.216. The van der Waals surface area contributed by atoms with Crippen LogP contribution in [0.25, 0.3) is 0 Å². The van der Waals surface area contributed by atoms with Gasteiger partial charge in [-0.3, -0.25) is 0 Å². The van der Waals surface area contributed by atoms with Gasteiger partial charge in [-0.25, -0.2) is 4.39 Å². The summed E-state index contributed by atoms with van der Waals surface area (Å²) in [6.45, 7) is 1.62. The van der Waals surface area contributed by atoms with E-state index < -0.39 is 11.2 Å². The van der Waals surface area contributed by atoms with Gasteiger partial charge in [0.05, 0.1) is 17.6 Å². The van der Waals surface area contributed by atoms with Gasteiger partial charge in [0.15, 0.2) is 0 Å². The van der Waals surface area contributed by atoms with Crippen LogP contribution in [-0.4, -0.2) is 0 Å². The molecule has 0 heterocycles. The van der Waals surface area contributed by atoms with Crippen LogP contribution >= 0.6 is 0 Å². The fourth-order valence-electron chi connectivity index (χ4n) is 1.54. The van der Waals surface area contributed by atoms with Crippen molar-refractivity contribution in [3.8, 4) is 12.1 Å². The number of nitrogens with zero attached hydrogens (tertiary/aromatic N) is 2. The van der Waals surface area contributed by atoms with E-state index in [4.69, 9.17) is 16.3 Å². The van der Waals surface area contributed by atoms with Crippen LogP contribution < -0.4 is 5.73 Å². The van der Waals surface area contributed by atoms with Gasteiger partial charge in [-0.1, -0.05) is 6.07 Å². The number of nitrogen functional groups attached to an aromatic ring is 1. The second kappa shape index (κ2) is 4.63. The summed E-state index contributed by atoms with van der Waals surface area (Å²) in [5.41, 5.74) is 5.07. The molecule has 0 radical (unpaired) electrons. The number of hydrogen-bond acceptors (Lipinski definition) is 3. The normalized spacial score (nSPS) is 13.5. The quantitative estimate of drug-likeness (QED) is 0.790. The van der Waals surface area contributed by atoms with Gasteiger partial charge >= 0.3 is 0 Å². The van der Waals surface area contributed by atoms with E-state index in [0.717, 1.165) is 0 Å². The maximum Gasteiger partial charge on any atom is 0.130 e. The summed E-state index contributed by atoms with van der Waals surface area (Å²) in [7, 11) is 0. The van der Waals surface area contributed by atoms with E-state index in [2.05, 4.69) is 6.07 Å². The predicted octanol–water partition coefficient (Wildman–Crippen LogP) is 2.49. The average molecular weight is 217 g/mol. The van der Waals surface area contributed by atoms with Crippen molar-refractivity contribution in [1.29, 1.82) is 10.5 Å². The summed E-state index contributed by atoms with van der Waals surface area (Å²) in [6, 6.07) is 8.27. The van der Waals surface area contributed by atoms with Gasteiger partial charge in [0.2, 0.25) is 0 Å². The summed E-state index contributed by atoms with van der Waals surface area (Å²) < 4.78 is 13.6. The van der Waals surface area contributed by atoms with Crippen molar-refractivity contribution in [1.82, 2.24) is 0 Å². The van der Waals surface area contributed by atoms with E-state index >= 15 is 0 Å². The van der Waals surface area contributed by atoms with Crippen molar-refractivity contribution in [2.45, 2.75) is 25.2 Å². The summed E-state index contributed by atoms with van der Waals surface area (Å²) in [4.78, 5) is 0. The van der Waals surface area contributed by atoms with Crippen LogP contribution in [0.2, 0.25) is 0 Å². The van der Waals surface area contributed by atoms with Crippen LogP contribution in [-0.2, 0) is 5.41 Å². The fourth-order valence-corrected chi connectivity index (χ4v) is 1.54. The Labute approximate surface area is 93.9 Å². The largest absolute Gasteiger partial charge is 0.399 e. The molecule has 0 fully saturated rings. The second-order valence-corrected chi connectivity index (χ2v) is 3.84. The Balaban J connectivity index is 3.14. The molecule has 0 bridgehead atoms. The van der Waals surface area contributed by atoms with Crippen LogP contribution in [0.1, 0.15) is 25.3 Å². The van der Waals surface area contributed by atoms with Crippen molar-refractivity contribution in [3.63, 3.8) is 0 Å². The summed E-state index contributed by atoms with van der Waals surface area (Å²) in [5, 5.41) is 17.6. The monoisotopic (exact) mass is 217 g/mol. The molecule has 1 aromatic carbocycles. The van der Waals surface area contributed by atoms with Gasteiger partial charge < -0.3 is 5.73 Å². The highest BCUT2D eigenvalue weighted by Gasteiger charge is 2.29. The first-order valence-corrected chi connectivity index (χ1v) is 4.87. The van der Waals surface area contributed by atoms with Crippen molar-refractivity contribution in [2.75, 3.05) is 5.73 Å². The molecule has 0 aromatic heterocycles. The van der Waals surface area contributed by atoms with Crippen LogP contribution in [0, 0.1) is 28.5 Å². The molecule has 0 aliphatic heterocycles. The molecule has 0 aliphatic rings. The Bertz CT molecular complexity index is 470. The van der Waals surface area contributed by atoms with E-state index in [1.165, 1.54) is 12.1 Å². The SMILES string of the molecule is CC(C#N)(CCC#N)c1ccc(N)cc1F. The molecule has 1 unspecified atom stereocenters. The topological polar surface area (TPSA) is 73.6 Å². The van der Waals surface area contributed by atoms with Crippen molar-refractivity contribution in [2.24, 2.45) is 0 Å². The maximum atomic E-state index is 13.6. The van der Waals surface area contributed by atoms with E-state index in [0.29, 0.717) is 17.7 Å². The van der Waals surface area contributed by atoms with Gasteiger partial charge in [0.25, 0.3) is 0 Å². The summed E-state index contributed by atoms with van der Waals surface area (Å²) in [6.07, 6.45) is 0.523. The Morgan fingerprint density at radius 1 is 1.44 bits per heavy atom. The molecule has 0 amide bonds. The number of halogens is 1. The fraction of sp³-hybridized carbons (Fsp3) is 0.333. The highest BCUT2D eigenvalue weighted by atomic mass is 19.1. The first-order valence-electron chi connectivity index (χ1n) is 4.87. The smallest absolute Gasteiger partial charge is 0.130 e. The maximum absolute atomic E-state index is 13.6. The summed E-state index contributed by atoms with van der Waals surface area (Å²) >= 11 is 0. The third kappa shape index (κ3) is 2.29. The lowest BCUT2D eigenvalue weighted by Gasteiger charge is -2.21. The molecule has 0 aliphatic carbocycles.